The zero-order valence-corrected chi connectivity index (χ0v) is 13.2. The third-order valence-corrected chi connectivity index (χ3v) is 5.39. The maximum absolute atomic E-state index is 6.40. The molecule has 0 spiro atoms. The van der Waals surface area contributed by atoms with Crippen molar-refractivity contribution in [2.24, 2.45) is 11.7 Å². The van der Waals surface area contributed by atoms with Crippen LogP contribution in [0.25, 0.3) is 0 Å². The Bertz CT molecular complexity index is 342. The summed E-state index contributed by atoms with van der Waals surface area (Å²) in [6.45, 7) is 6.95. The molecule has 0 amide bonds. The lowest BCUT2D eigenvalue weighted by Crippen LogP contribution is -2.44. The minimum atomic E-state index is 0.265. The molecule has 0 radical (unpaired) electrons. The quantitative estimate of drug-likeness (QED) is 0.852. The second-order valence-corrected chi connectivity index (χ2v) is 6.78. The smallest absolute Gasteiger partial charge is 0.0593 e. The molecule has 3 heteroatoms. The van der Waals surface area contributed by atoms with Gasteiger partial charge in [0, 0.05) is 10.9 Å². The van der Waals surface area contributed by atoms with Crippen LogP contribution in [0.3, 0.4) is 0 Å². The van der Waals surface area contributed by atoms with Crippen molar-refractivity contribution in [3.05, 3.63) is 22.4 Å². The third kappa shape index (κ3) is 3.80. The zero-order valence-electron chi connectivity index (χ0n) is 12.3. The standard InChI is InChI=1S/C16H28N2S/c1-3-6-13-8-10-18(11-9-13)16(14(17)4-2)15-7-5-12-19-15/h5,7,12-14,16H,3-4,6,8-11,17H2,1-2H3. The summed E-state index contributed by atoms with van der Waals surface area (Å²) < 4.78 is 0. The third-order valence-electron chi connectivity index (χ3n) is 4.45. The van der Waals surface area contributed by atoms with E-state index in [0.717, 1.165) is 12.3 Å². The number of thiophene rings is 1. The highest BCUT2D eigenvalue weighted by molar-refractivity contribution is 7.10. The first-order valence-corrected chi connectivity index (χ1v) is 8.67. The first-order chi connectivity index (χ1) is 9.26. The van der Waals surface area contributed by atoms with E-state index in [1.54, 1.807) is 0 Å². The van der Waals surface area contributed by atoms with Gasteiger partial charge in [-0.15, -0.1) is 11.3 Å². The van der Waals surface area contributed by atoms with Crippen LogP contribution >= 0.6 is 11.3 Å². The molecule has 2 unspecified atom stereocenters. The Morgan fingerprint density at radius 2 is 2.11 bits per heavy atom. The molecule has 1 aromatic rings. The van der Waals surface area contributed by atoms with Crippen LogP contribution in [0.15, 0.2) is 17.5 Å². The second kappa shape index (κ2) is 7.41. The molecule has 0 aliphatic carbocycles. The van der Waals surface area contributed by atoms with Crippen molar-refractivity contribution in [3.8, 4) is 0 Å². The molecule has 1 fully saturated rings. The normalized spacial score (nSPS) is 21.4. The van der Waals surface area contributed by atoms with Gasteiger partial charge in [0.05, 0.1) is 6.04 Å². The van der Waals surface area contributed by atoms with Crippen LogP contribution in [0.2, 0.25) is 0 Å². The van der Waals surface area contributed by atoms with Gasteiger partial charge in [-0.05, 0) is 49.7 Å². The molecule has 2 atom stereocenters. The number of nitrogens with two attached hydrogens (primary N) is 1. The van der Waals surface area contributed by atoms with E-state index in [9.17, 15) is 0 Å². The molecular weight excluding hydrogens is 252 g/mol. The average molecular weight is 280 g/mol. The summed E-state index contributed by atoms with van der Waals surface area (Å²) in [4.78, 5) is 4.08. The van der Waals surface area contributed by atoms with E-state index >= 15 is 0 Å². The fourth-order valence-corrected chi connectivity index (χ4v) is 4.21. The maximum atomic E-state index is 6.40. The molecule has 2 rings (SSSR count). The predicted molar refractivity (Wildman–Crippen MR) is 84.5 cm³/mol. The number of hydrogen-bond donors (Lipinski definition) is 1. The van der Waals surface area contributed by atoms with Crippen LogP contribution in [-0.2, 0) is 0 Å². The van der Waals surface area contributed by atoms with E-state index in [-0.39, 0.29) is 6.04 Å². The number of rotatable bonds is 6. The monoisotopic (exact) mass is 280 g/mol. The van der Waals surface area contributed by atoms with Crippen molar-refractivity contribution in [1.82, 2.24) is 4.90 Å². The number of piperidine rings is 1. The lowest BCUT2D eigenvalue weighted by molar-refractivity contribution is 0.113. The Labute approximate surface area is 122 Å². The van der Waals surface area contributed by atoms with Gasteiger partial charge in [0.15, 0.2) is 0 Å². The van der Waals surface area contributed by atoms with Crippen LogP contribution in [0.4, 0.5) is 0 Å². The summed E-state index contributed by atoms with van der Waals surface area (Å²) in [6.07, 6.45) is 6.49. The van der Waals surface area contributed by atoms with Crippen molar-refractivity contribution in [2.75, 3.05) is 13.1 Å². The van der Waals surface area contributed by atoms with Crippen LogP contribution in [0.5, 0.6) is 0 Å². The minimum absolute atomic E-state index is 0.265. The Balaban J connectivity index is 2.00. The van der Waals surface area contributed by atoms with E-state index in [1.807, 2.05) is 11.3 Å². The van der Waals surface area contributed by atoms with Gasteiger partial charge in [-0.2, -0.15) is 0 Å². The molecule has 1 saturated heterocycles. The molecule has 108 valence electrons. The lowest BCUT2D eigenvalue weighted by Gasteiger charge is -2.39. The molecule has 1 aliphatic heterocycles. The van der Waals surface area contributed by atoms with Crippen LogP contribution < -0.4 is 5.73 Å². The van der Waals surface area contributed by atoms with Crippen molar-refractivity contribution in [2.45, 2.75) is 58.0 Å². The van der Waals surface area contributed by atoms with E-state index < -0.39 is 0 Å². The maximum Gasteiger partial charge on any atom is 0.0593 e. The Hall–Kier alpha value is -0.380. The van der Waals surface area contributed by atoms with E-state index in [2.05, 4.69) is 36.3 Å². The van der Waals surface area contributed by atoms with Crippen molar-refractivity contribution >= 4 is 11.3 Å². The van der Waals surface area contributed by atoms with Crippen molar-refractivity contribution in [3.63, 3.8) is 0 Å². The van der Waals surface area contributed by atoms with Gasteiger partial charge in [-0.1, -0.05) is 32.8 Å². The highest BCUT2D eigenvalue weighted by atomic mass is 32.1. The van der Waals surface area contributed by atoms with Gasteiger partial charge in [-0.3, -0.25) is 4.90 Å². The topological polar surface area (TPSA) is 29.3 Å². The number of likely N-dealkylation sites (tertiary alicyclic amines) is 1. The van der Waals surface area contributed by atoms with Crippen LogP contribution in [0.1, 0.15) is 56.9 Å². The molecule has 0 aromatic carbocycles. The number of hydrogen-bond acceptors (Lipinski definition) is 3. The number of nitrogens with zero attached hydrogens (tertiary/aromatic N) is 1. The minimum Gasteiger partial charge on any atom is -0.326 e. The van der Waals surface area contributed by atoms with Gasteiger partial charge in [0.1, 0.15) is 0 Å². The van der Waals surface area contributed by atoms with E-state index in [0.29, 0.717) is 6.04 Å². The first-order valence-electron chi connectivity index (χ1n) is 7.79. The van der Waals surface area contributed by atoms with Gasteiger partial charge < -0.3 is 5.73 Å². The van der Waals surface area contributed by atoms with E-state index in [4.69, 9.17) is 5.73 Å². The molecule has 0 saturated carbocycles. The van der Waals surface area contributed by atoms with Crippen LogP contribution in [0, 0.1) is 5.92 Å². The lowest BCUT2D eigenvalue weighted by atomic mass is 9.90. The Morgan fingerprint density at radius 1 is 1.37 bits per heavy atom. The van der Waals surface area contributed by atoms with Crippen molar-refractivity contribution < 1.29 is 0 Å². The molecule has 2 N–H and O–H groups in total. The molecule has 1 aromatic heterocycles. The highest BCUT2D eigenvalue weighted by Crippen LogP contribution is 2.33. The summed E-state index contributed by atoms with van der Waals surface area (Å²) in [7, 11) is 0. The summed E-state index contributed by atoms with van der Waals surface area (Å²) >= 11 is 1.86. The van der Waals surface area contributed by atoms with Crippen LogP contribution in [-0.4, -0.2) is 24.0 Å². The second-order valence-electron chi connectivity index (χ2n) is 5.80. The Morgan fingerprint density at radius 3 is 2.63 bits per heavy atom. The average Bonchev–Trinajstić information content (AvgIpc) is 2.95. The van der Waals surface area contributed by atoms with Gasteiger partial charge in [0.25, 0.3) is 0 Å². The molecule has 2 heterocycles. The van der Waals surface area contributed by atoms with E-state index in [1.165, 1.54) is 43.6 Å². The SMILES string of the molecule is CCCC1CCN(C(c2cccs2)C(N)CC)CC1. The summed E-state index contributed by atoms with van der Waals surface area (Å²) in [6, 6.07) is 5.11. The molecule has 19 heavy (non-hydrogen) atoms. The summed E-state index contributed by atoms with van der Waals surface area (Å²) in [5.74, 6) is 0.947. The van der Waals surface area contributed by atoms with Gasteiger partial charge in [0.2, 0.25) is 0 Å². The predicted octanol–water partition coefficient (Wildman–Crippen LogP) is 4.04. The first kappa shape index (κ1) is 15.0. The molecule has 2 nitrogen and oxygen atoms in total. The zero-order chi connectivity index (χ0) is 13.7. The fourth-order valence-electron chi connectivity index (χ4n) is 3.27. The summed E-state index contributed by atoms with van der Waals surface area (Å²) in [5.41, 5.74) is 6.40. The molecular formula is C16H28N2S. The largest absolute Gasteiger partial charge is 0.326 e. The Kier molecular flexibility index (Phi) is 5.86. The van der Waals surface area contributed by atoms with Gasteiger partial charge >= 0.3 is 0 Å². The van der Waals surface area contributed by atoms with Crippen molar-refractivity contribution in [1.29, 1.82) is 0 Å². The summed E-state index contributed by atoms with van der Waals surface area (Å²) in [5, 5.41) is 2.18. The molecule has 1 aliphatic rings. The highest BCUT2D eigenvalue weighted by Gasteiger charge is 2.29. The van der Waals surface area contributed by atoms with Gasteiger partial charge in [-0.25, -0.2) is 0 Å². The fraction of sp³-hybridized carbons (Fsp3) is 0.750. The molecule has 0 bridgehead atoms.